The molecular formula is C14H19N3OS. The molecule has 0 aromatic carbocycles. The molecule has 0 atom stereocenters. The first-order chi connectivity index (χ1) is 9.33. The maximum atomic E-state index is 5.66. The van der Waals surface area contributed by atoms with Crippen LogP contribution in [0.1, 0.15) is 24.2 Å². The van der Waals surface area contributed by atoms with Crippen molar-refractivity contribution < 1.29 is 4.42 Å². The number of nitrogens with zero attached hydrogens (tertiary/aromatic N) is 1. The first-order valence-corrected chi connectivity index (χ1v) is 7.88. The predicted octanol–water partition coefficient (Wildman–Crippen LogP) is 2.96. The summed E-state index contributed by atoms with van der Waals surface area (Å²) < 4.78 is 5.66. The molecule has 0 bridgehead atoms. The lowest BCUT2D eigenvalue weighted by atomic mass is 10.1. The fraction of sp³-hybridized carbons (Fsp3) is 0.500. The minimum atomic E-state index is 0.641. The summed E-state index contributed by atoms with van der Waals surface area (Å²) in [5.41, 5.74) is 2.17. The molecule has 4 nitrogen and oxygen atoms in total. The standard InChI is InChI=1S/C14H19N3OS/c1-10-2-3-13(18-10)14-11(9-16-17-14)8-15-12-4-6-19-7-5-12/h2-3,9,12,15H,4-8H2,1H3,(H,16,17). The molecule has 0 amide bonds. The minimum absolute atomic E-state index is 0.641. The maximum absolute atomic E-state index is 5.66. The van der Waals surface area contributed by atoms with E-state index >= 15 is 0 Å². The number of hydrogen-bond donors (Lipinski definition) is 2. The van der Waals surface area contributed by atoms with Crippen molar-refractivity contribution >= 4 is 11.8 Å². The van der Waals surface area contributed by atoms with E-state index < -0.39 is 0 Å². The molecule has 0 saturated carbocycles. The van der Waals surface area contributed by atoms with Crippen LogP contribution in [0, 0.1) is 6.92 Å². The minimum Gasteiger partial charge on any atom is -0.460 e. The molecule has 2 N–H and O–H groups in total. The van der Waals surface area contributed by atoms with Gasteiger partial charge >= 0.3 is 0 Å². The normalized spacial score (nSPS) is 16.9. The number of furan rings is 1. The van der Waals surface area contributed by atoms with Gasteiger partial charge in [0.2, 0.25) is 0 Å². The molecule has 102 valence electrons. The van der Waals surface area contributed by atoms with Crippen LogP contribution in [0.2, 0.25) is 0 Å². The van der Waals surface area contributed by atoms with Crippen LogP contribution in [0.15, 0.2) is 22.7 Å². The summed E-state index contributed by atoms with van der Waals surface area (Å²) >= 11 is 2.05. The maximum Gasteiger partial charge on any atom is 0.152 e. The molecule has 2 aromatic rings. The van der Waals surface area contributed by atoms with Crippen LogP contribution in [0.5, 0.6) is 0 Å². The van der Waals surface area contributed by atoms with E-state index in [4.69, 9.17) is 4.42 Å². The van der Waals surface area contributed by atoms with Crippen LogP contribution in [0.25, 0.3) is 11.5 Å². The highest BCUT2D eigenvalue weighted by atomic mass is 32.2. The van der Waals surface area contributed by atoms with Gasteiger partial charge in [-0.3, -0.25) is 5.10 Å². The topological polar surface area (TPSA) is 53.9 Å². The SMILES string of the molecule is Cc1ccc(-c2[nH]ncc2CNC2CCSCC2)o1. The number of nitrogens with one attached hydrogen (secondary N) is 2. The zero-order valence-corrected chi connectivity index (χ0v) is 11.9. The quantitative estimate of drug-likeness (QED) is 0.902. The van der Waals surface area contributed by atoms with E-state index in [-0.39, 0.29) is 0 Å². The smallest absolute Gasteiger partial charge is 0.152 e. The van der Waals surface area contributed by atoms with Gasteiger partial charge in [0, 0.05) is 18.2 Å². The largest absolute Gasteiger partial charge is 0.460 e. The lowest BCUT2D eigenvalue weighted by molar-refractivity contribution is 0.481. The Balaban J connectivity index is 1.66. The molecule has 0 aliphatic carbocycles. The molecule has 1 aliphatic heterocycles. The van der Waals surface area contributed by atoms with Gasteiger partial charge in [-0.15, -0.1) is 0 Å². The molecule has 3 heterocycles. The van der Waals surface area contributed by atoms with Crippen molar-refractivity contribution in [2.45, 2.75) is 32.4 Å². The zero-order valence-electron chi connectivity index (χ0n) is 11.1. The Morgan fingerprint density at radius 1 is 1.42 bits per heavy atom. The fourth-order valence-corrected chi connectivity index (χ4v) is 3.49. The first kappa shape index (κ1) is 12.8. The number of thioether (sulfide) groups is 1. The molecule has 19 heavy (non-hydrogen) atoms. The average Bonchev–Trinajstić information content (AvgIpc) is 3.06. The predicted molar refractivity (Wildman–Crippen MR) is 78.2 cm³/mol. The Kier molecular flexibility index (Phi) is 3.94. The molecular weight excluding hydrogens is 258 g/mol. The van der Waals surface area contributed by atoms with Crippen molar-refractivity contribution in [3.63, 3.8) is 0 Å². The van der Waals surface area contributed by atoms with Crippen LogP contribution in [0.4, 0.5) is 0 Å². The van der Waals surface area contributed by atoms with Gasteiger partial charge in [0.25, 0.3) is 0 Å². The van der Waals surface area contributed by atoms with E-state index in [1.807, 2.05) is 25.3 Å². The van der Waals surface area contributed by atoms with E-state index in [2.05, 4.69) is 27.3 Å². The monoisotopic (exact) mass is 277 g/mol. The summed E-state index contributed by atoms with van der Waals surface area (Å²) in [6.07, 6.45) is 4.41. The van der Waals surface area contributed by atoms with Crippen LogP contribution in [0.3, 0.4) is 0 Å². The summed E-state index contributed by atoms with van der Waals surface area (Å²) in [4.78, 5) is 0. The number of rotatable bonds is 4. The molecule has 1 aliphatic rings. The Hall–Kier alpha value is -1.20. The Labute approximate surface area is 117 Å². The van der Waals surface area contributed by atoms with Crippen molar-refractivity contribution in [3.8, 4) is 11.5 Å². The van der Waals surface area contributed by atoms with Gasteiger partial charge in [-0.2, -0.15) is 16.9 Å². The van der Waals surface area contributed by atoms with Crippen LogP contribution in [-0.4, -0.2) is 27.7 Å². The third-order valence-electron chi connectivity index (χ3n) is 3.51. The summed E-state index contributed by atoms with van der Waals surface area (Å²) in [6.45, 7) is 2.80. The highest BCUT2D eigenvalue weighted by molar-refractivity contribution is 7.99. The van der Waals surface area contributed by atoms with Gasteiger partial charge in [-0.1, -0.05) is 0 Å². The van der Waals surface area contributed by atoms with Crippen LogP contribution >= 0.6 is 11.8 Å². The van der Waals surface area contributed by atoms with Crippen molar-refractivity contribution in [2.75, 3.05) is 11.5 Å². The summed E-state index contributed by atoms with van der Waals surface area (Å²) in [7, 11) is 0. The zero-order chi connectivity index (χ0) is 13.1. The molecule has 5 heteroatoms. The third kappa shape index (κ3) is 3.04. The fourth-order valence-electron chi connectivity index (χ4n) is 2.38. The molecule has 0 spiro atoms. The lowest BCUT2D eigenvalue weighted by Gasteiger charge is -2.22. The Morgan fingerprint density at radius 3 is 3.00 bits per heavy atom. The van der Waals surface area contributed by atoms with E-state index in [0.29, 0.717) is 6.04 Å². The van der Waals surface area contributed by atoms with Crippen molar-refractivity contribution in [1.29, 1.82) is 0 Å². The average molecular weight is 277 g/mol. The first-order valence-electron chi connectivity index (χ1n) is 6.73. The Morgan fingerprint density at radius 2 is 2.26 bits per heavy atom. The number of aryl methyl sites for hydroxylation is 1. The molecule has 1 fully saturated rings. The molecule has 0 unspecified atom stereocenters. The second-order valence-electron chi connectivity index (χ2n) is 4.95. The highest BCUT2D eigenvalue weighted by Gasteiger charge is 2.15. The number of hydrogen-bond acceptors (Lipinski definition) is 4. The second kappa shape index (κ2) is 5.84. The number of aromatic amines is 1. The van der Waals surface area contributed by atoms with E-state index in [0.717, 1.165) is 23.8 Å². The van der Waals surface area contributed by atoms with Crippen LogP contribution < -0.4 is 5.32 Å². The summed E-state index contributed by atoms with van der Waals surface area (Å²) in [5, 5.41) is 10.8. The number of aromatic nitrogens is 2. The van der Waals surface area contributed by atoms with E-state index in [1.54, 1.807) is 0 Å². The van der Waals surface area contributed by atoms with Crippen molar-refractivity contribution in [3.05, 3.63) is 29.7 Å². The third-order valence-corrected chi connectivity index (χ3v) is 4.56. The van der Waals surface area contributed by atoms with Gasteiger partial charge in [-0.25, -0.2) is 0 Å². The van der Waals surface area contributed by atoms with Gasteiger partial charge < -0.3 is 9.73 Å². The number of H-pyrrole nitrogens is 1. The van der Waals surface area contributed by atoms with E-state index in [9.17, 15) is 0 Å². The summed E-state index contributed by atoms with van der Waals surface area (Å²) in [6, 6.07) is 4.61. The van der Waals surface area contributed by atoms with Gasteiger partial charge in [0.05, 0.1) is 6.20 Å². The molecule has 0 radical (unpaired) electrons. The van der Waals surface area contributed by atoms with Crippen molar-refractivity contribution in [1.82, 2.24) is 15.5 Å². The highest BCUT2D eigenvalue weighted by Crippen LogP contribution is 2.24. The molecule has 3 rings (SSSR count). The van der Waals surface area contributed by atoms with Gasteiger partial charge in [-0.05, 0) is 43.4 Å². The molecule has 2 aromatic heterocycles. The van der Waals surface area contributed by atoms with Gasteiger partial charge in [0.15, 0.2) is 5.76 Å². The van der Waals surface area contributed by atoms with Gasteiger partial charge in [0.1, 0.15) is 11.5 Å². The lowest BCUT2D eigenvalue weighted by Crippen LogP contribution is -2.32. The van der Waals surface area contributed by atoms with Crippen molar-refractivity contribution in [2.24, 2.45) is 0 Å². The molecule has 1 saturated heterocycles. The summed E-state index contributed by atoms with van der Waals surface area (Å²) in [5.74, 6) is 4.33. The van der Waals surface area contributed by atoms with Crippen LogP contribution in [-0.2, 0) is 6.54 Å². The second-order valence-corrected chi connectivity index (χ2v) is 6.17. The van der Waals surface area contributed by atoms with E-state index in [1.165, 1.54) is 29.9 Å². The Bertz CT molecular complexity index is 528.